The van der Waals surface area contributed by atoms with Gasteiger partial charge in [-0.15, -0.1) is 0 Å². The van der Waals surface area contributed by atoms with Crippen LogP contribution in [0.2, 0.25) is 0 Å². The molecule has 208 valence electrons. The predicted octanol–water partition coefficient (Wildman–Crippen LogP) is 5.60. The van der Waals surface area contributed by atoms with Crippen LogP contribution in [0.4, 0.5) is 8.78 Å². The van der Waals surface area contributed by atoms with Crippen molar-refractivity contribution >= 4 is 5.91 Å². The van der Waals surface area contributed by atoms with Gasteiger partial charge in [0.2, 0.25) is 0 Å². The molecule has 0 aliphatic carbocycles. The van der Waals surface area contributed by atoms with Gasteiger partial charge in [0.1, 0.15) is 24.0 Å². The van der Waals surface area contributed by atoms with Crippen molar-refractivity contribution in [2.75, 3.05) is 6.54 Å². The molecule has 0 aliphatic heterocycles. The topological polar surface area (TPSA) is 70.6 Å². The summed E-state index contributed by atoms with van der Waals surface area (Å²) in [4.78, 5) is 13.4. The Labute approximate surface area is 233 Å². The Morgan fingerprint density at radius 2 is 1.55 bits per heavy atom. The Morgan fingerprint density at radius 3 is 2.30 bits per heavy atom. The second-order valence-electron chi connectivity index (χ2n) is 9.69. The van der Waals surface area contributed by atoms with Gasteiger partial charge < -0.3 is 20.5 Å². The molecule has 3 N–H and O–H groups in total. The maximum atomic E-state index is 13.9. The maximum absolute atomic E-state index is 13.9. The molecular weight excluding hydrogens is 510 g/mol. The molecule has 0 heterocycles. The van der Waals surface area contributed by atoms with E-state index in [9.17, 15) is 18.7 Å². The fraction of sp³-hybridized carbons (Fsp3) is 0.242. The number of nitrogens with one attached hydrogen (secondary N) is 2. The molecular formula is C33H34F2N2O3. The van der Waals surface area contributed by atoms with Crippen molar-refractivity contribution in [1.82, 2.24) is 10.6 Å². The first-order valence-electron chi connectivity index (χ1n) is 13.4. The Bertz CT molecular complexity index is 1380. The maximum Gasteiger partial charge on any atom is 0.252 e. The standard InChI is InChI=1S/C33H34F2N2O3/c1-2-23-9-8-10-24(15-23)20-36-21-32(38)31(18-25-16-27(34)19-28(35)17-25)37-33(39)30-14-7-6-11-26(30)22-40-29-12-4-3-5-13-29/h3-17,19,31-32,36,38H,2,18,20-22H2,1H3,(H,37,39)/t31-,32+/m0/s1. The number of para-hydroxylation sites is 1. The average molecular weight is 545 g/mol. The average Bonchev–Trinajstić information content (AvgIpc) is 2.96. The van der Waals surface area contributed by atoms with Crippen LogP contribution in [-0.2, 0) is 26.0 Å². The lowest BCUT2D eigenvalue weighted by atomic mass is 9.99. The van der Waals surface area contributed by atoms with Gasteiger partial charge in [0.15, 0.2) is 0 Å². The highest BCUT2D eigenvalue weighted by Crippen LogP contribution is 2.17. The zero-order valence-corrected chi connectivity index (χ0v) is 22.4. The van der Waals surface area contributed by atoms with E-state index < -0.39 is 29.7 Å². The van der Waals surface area contributed by atoms with Gasteiger partial charge in [-0.25, -0.2) is 8.78 Å². The summed E-state index contributed by atoms with van der Waals surface area (Å²) in [6.45, 7) is 2.96. The van der Waals surface area contributed by atoms with Crippen LogP contribution in [0.25, 0.3) is 0 Å². The highest BCUT2D eigenvalue weighted by atomic mass is 19.1. The summed E-state index contributed by atoms with van der Waals surface area (Å²) in [5.74, 6) is -1.17. The number of aryl methyl sites for hydroxylation is 1. The quantitative estimate of drug-likeness (QED) is 0.205. The van der Waals surface area contributed by atoms with Crippen molar-refractivity contribution in [3.63, 3.8) is 0 Å². The number of aliphatic hydroxyl groups excluding tert-OH is 1. The first-order valence-corrected chi connectivity index (χ1v) is 13.4. The number of benzene rings is 4. The Morgan fingerprint density at radius 1 is 0.850 bits per heavy atom. The third-order valence-electron chi connectivity index (χ3n) is 6.64. The van der Waals surface area contributed by atoms with E-state index in [1.54, 1.807) is 18.2 Å². The molecule has 0 fully saturated rings. The van der Waals surface area contributed by atoms with Crippen LogP contribution in [0.15, 0.2) is 97.1 Å². The van der Waals surface area contributed by atoms with Crippen molar-refractivity contribution in [3.05, 3.63) is 137 Å². The molecule has 0 saturated carbocycles. The monoisotopic (exact) mass is 544 g/mol. The zero-order chi connectivity index (χ0) is 28.3. The lowest BCUT2D eigenvalue weighted by Gasteiger charge is -2.25. The molecule has 4 aromatic carbocycles. The molecule has 0 saturated heterocycles. The number of carbonyl (C=O) groups excluding carboxylic acids is 1. The van der Waals surface area contributed by atoms with Crippen LogP contribution < -0.4 is 15.4 Å². The number of hydrogen-bond acceptors (Lipinski definition) is 4. The Balaban J connectivity index is 1.47. The molecule has 0 aromatic heterocycles. The third kappa shape index (κ3) is 8.46. The third-order valence-corrected chi connectivity index (χ3v) is 6.64. The molecule has 0 spiro atoms. The minimum Gasteiger partial charge on any atom is -0.489 e. The van der Waals surface area contributed by atoms with Gasteiger partial charge in [-0.05, 0) is 59.9 Å². The van der Waals surface area contributed by atoms with Crippen LogP contribution >= 0.6 is 0 Å². The molecule has 5 nitrogen and oxygen atoms in total. The van der Waals surface area contributed by atoms with Gasteiger partial charge in [-0.2, -0.15) is 0 Å². The van der Waals surface area contributed by atoms with Crippen molar-refractivity contribution < 1.29 is 23.4 Å². The molecule has 4 rings (SSSR count). The summed E-state index contributed by atoms with van der Waals surface area (Å²) >= 11 is 0. The summed E-state index contributed by atoms with van der Waals surface area (Å²) in [5, 5.41) is 17.2. The number of halogens is 2. The fourth-order valence-corrected chi connectivity index (χ4v) is 4.52. The minimum atomic E-state index is -1.03. The number of hydrogen-bond donors (Lipinski definition) is 3. The van der Waals surface area contributed by atoms with E-state index in [0.717, 1.165) is 18.1 Å². The van der Waals surface area contributed by atoms with Crippen LogP contribution in [0.3, 0.4) is 0 Å². The minimum absolute atomic E-state index is 0.0390. The highest BCUT2D eigenvalue weighted by molar-refractivity contribution is 5.95. The van der Waals surface area contributed by atoms with Crippen molar-refractivity contribution in [2.24, 2.45) is 0 Å². The lowest BCUT2D eigenvalue weighted by Crippen LogP contribution is -2.48. The Hall–Kier alpha value is -4.07. The first kappa shape index (κ1) is 28.9. The van der Waals surface area contributed by atoms with Gasteiger partial charge in [0.05, 0.1) is 12.1 Å². The fourth-order valence-electron chi connectivity index (χ4n) is 4.52. The van der Waals surface area contributed by atoms with E-state index in [-0.39, 0.29) is 19.6 Å². The smallest absolute Gasteiger partial charge is 0.252 e. The number of ether oxygens (including phenoxy) is 1. The number of carbonyl (C=O) groups is 1. The summed E-state index contributed by atoms with van der Waals surface area (Å²) in [5.41, 5.74) is 3.69. The van der Waals surface area contributed by atoms with Gasteiger partial charge >= 0.3 is 0 Å². The van der Waals surface area contributed by atoms with Gasteiger partial charge in [0.25, 0.3) is 5.91 Å². The molecule has 40 heavy (non-hydrogen) atoms. The van der Waals surface area contributed by atoms with E-state index in [2.05, 4.69) is 29.7 Å². The van der Waals surface area contributed by atoms with E-state index in [1.165, 1.54) is 17.7 Å². The first-order chi connectivity index (χ1) is 19.4. The molecule has 4 aromatic rings. The second kappa shape index (κ2) is 14.4. The van der Waals surface area contributed by atoms with Crippen LogP contribution in [0.5, 0.6) is 5.75 Å². The summed E-state index contributed by atoms with van der Waals surface area (Å²) < 4.78 is 33.7. The van der Waals surface area contributed by atoms with E-state index in [1.807, 2.05) is 48.5 Å². The highest BCUT2D eigenvalue weighted by Gasteiger charge is 2.24. The molecule has 7 heteroatoms. The number of aliphatic hydroxyl groups is 1. The van der Waals surface area contributed by atoms with Crippen LogP contribution in [-0.4, -0.2) is 29.7 Å². The molecule has 0 unspecified atom stereocenters. The SMILES string of the molecule is CCc1cccc(CNC[C@@H](O)[C@H](Cc2cc(F)cc(F)c2)NC(=O)c2ccccc2COc2ccccc2)c1. The molecule has 0 radical (unpaired) electrons. The van der Waals surface area contributed by atoms with E-state index in [0.29, 0.717) is 29.0 Å². The largest absolute Gasteiger partial charge is 0.489 e. The number of rotatable bonds is 13. The molecule has 1 amide bonds. The normalized spacial score (nSPS) is 12.5. The Kier molecular flexibility index (Phi) is 10.4. The van der Waals surface area contributed by atoms with Crippen molar-refractivity contribution in [3.8, 4) is 5.75 Å². The van der Waals surface area contributed by atoms with Crippen molar-refractivity contribution in [1.29, 1.82) is 0 Å². The molecule has 0 aliphatic rings. The van der Waals surface area contributed by atoms with E-state index in [4.69, 9.17) is 4.74 Å². The van der Waals surface area contributed by atoms with Crippen LogP contribution in [0.1, 0.15) is 39.5 Å². The second-order valence-corrected chi connectivity index (χ2v) is 9.69. The van der Waals surface area contributed by atoms with Crippen LogP contribution in [0, 0.1) is 11.6 Å². The number of amides is 1. The predicted molar refractivity (Wildman–Crippen MR) is 152 cm³/mol. The van der Waals surface area contributed by atoms with Gasteiger partial charge in [0, 0.05) is 30.3 Å². The summed E-state index contributed by atoms with van der Waals surface area (Å²) in [6.07, 6.45) is -0.0680. The lowest BCUT2D eigenvalue weighted by molar-refractivity contribution is 0.0827. The van der Waals surface area contributed by atoms with Crippen molar-refractivity contribution in [2.45, 2.75) is 45.1 Å². The summed E-state index contributed by atoms with van der Waals surface area (Å²) in [6, 6.07) is 26.9. The van der Waals surface area contributed by atoms with Gasteiger partial charge in [-0.1, -0.05) is 67.6 Å². The zero-order valence-electron chi connectivity index (χ0n) is 22.4. The van der Waals surface area contributed by atoms with E-state index >= 15 is 0 Å². The molecule has 2 atom stereocenters. The van der Waals surface area contributed by atoms with Gasteiger partial charge in [-0.3, -0.25) is 4.79 Å². The summed E-state index contributed by atoms with van der Waals surface area (Å²) in [7, 11) is 0. The molecule has 0 bridgehead atoms.